The van der Waals surface area contributed by atoms with Crippen molar-refractivity contribution in [3.63, 3.8) is 0 Å². The summed E-state index contributed by atoms with van der Waals surface area (Å²) in [5, 5.41) is 8.27. The Morgan fingerprint density at radius 3 is 2.52 bits per heavy atom. The smallest absolute Gasteiger partial charge is 0.243 e. The van der Waals surface area contributed by atoms with E-state index >= 15 is 0 Å². The lowest BCUT2D eigenvalue weighted by Gasteiger charge is -2.25. The third kappa shape index (κ3) is 4.44. The summed E-state index contributed by atoms with van der Waals surface area (Å²) in [5.74, 6) is 0.970. The van der Waals surface area contributed by atoms with Crippen LogP contribution in [-0.4, -0.2) is 50.7 Å². The molecule has 1 saturated heterocycles. The van der Waals surface area contributed by atoms with Crippen LogP contribution >= 0.6 is 0 Å². The molecule has 5 rings (SSSR count). The minimum atomic E-state index is -3.44. The fourth-order valence-corrected chi connectivity index (χ4v) is 5.55. The lowest BCUT2D eigenvalue weighted by molar-refractivity contribution is 0.346. The third-order valence-electron chi connectivity index (χ3n) is 5.82. The van der Waals surface area contributed by atoms with Gasteiger partial charge in [0.25, 0.3) is 0 Å². The molecular formula is C23H24N6O3S. The zero-order valence-corrected chi connectivity index (χ0v) is 19.1. The van der Waals surface area contributed by atoms with Crippen LogP contribution in [0, 0.1) is 6.92 Å². The van der Waals surface area contributed by atoms with Crippen molar-refractivity contribution < 1.29 is 12.9 Å². The maximum absolute atomic E-state index is 12.8. The van der Waals surface area contributed by atoms with Gasteiger partial charge in [-0.1, -0.05) is 23.7 Å². The van der Waals surface area contributed by atoms with E-state index in [0.717, 1.165) is 41.6 Å². The van der Waals surface area contributed by atoms with E-state index in [9.17, 15) is 8.42 Å². The van der Waals surface area contributed by atoms with Gasteiger partial charge in [-0.25, -0.2) is 18.1 Å². The molecular weight excluding hydrogens is 440 g/mol. The Balaban J connectivity index is 1.30. The third-order valence-corrected chi connectivity index (χ3v) is 7.73. The lowest BCUT2D eigenvalue weighted by atomic mass is 10.1. The highest BCUT2D eigenvalue weighted by Gasteiger charge is 2.25. The molecule has 0 aliphatic carbocycles. The molecule has 0 spiro atoms. The number of rotatable bonds is 6. The predicted molar refractivity (Wildman–Crippen MR) is 121 cm³/mol. The Bertz CT molecular complexity index is 1340. The van der Waals surface area contributed by atoms with Gasteiger partial charge in [0, 0.05) is 18.7 Å². The van der Waals surface area contributed by atoms with Crippen LogP contribution in [0.4, 0.5) is 0 Å². The van der Waals surface area contributed by atoms with Crippen LogP contribution in [0.1, 0.15) is 36.3 Å². The molecule has 1 aliphatic rings. The van der Waals surface area contributed by atoms with Crippen LogP contribution in [0.5, 0.6) is 0 Å². The summed E-state index contributed by atoms with van der Waals surface area (Å²) in [5.41, 5.74) is 3.68. The highest BCUT2D eigenvalue weighted by molar-refractivity contribution is 7.89. The molecule has 0 amide bonds. The predicted octanol–water partition coefficient (Wildman–Crippen LogP) is 3.39. The Morgan fingerprint density at radius 2 is 1.82 bits per heavy atom. The SMILES string of the molecule is Cc1cc(-c2noc(Cc3ccc(S(=O)(=O)N4CCCCC4)cc3)n2)ccc1-n1cncn1. The number of benzene rings is 2. The van der Waals surface area contributed by atoms with Gasteiger partial charge in [0.1, 0.15) is 12.7 Å². The number of hydrogen-bond donors (Lipinski definition) is 0. The molecule has 170 valence electrons. The van der Waals surface area contributed by atoms with Gasteiger partial charge in [-0.05, 0) is 61.2 Å². The fraction of sp³-hybridized carbons (Fsp3) is 0.304. The van der Waals surface area contributed by atoms with E-state index in [1.807, 2.05) is 25.1 Å². The first-order valence-electron chi connectivity index (χ1n) is 10.9. The Hall–Kier alpha value is -3.37. The molecule has 10 heteroatoms. The minimum Gasteiger partial charge on any atom is -0.339 e. The molecule has 0 unspecified atom stereocenters. The quantitative estimate of drug-likeness (QED) is 0.430. The Morgan fingerprint density at radius 1 is 1.03 bits per heavy atom. The Kier molecular flexibility index (Phi) is 5.77. The van der Waals surface area contributed by atoms with Gasteiger partial charge in [-0.15, -0.1) is 0 Å². The van der Waals surface area contributed by atoms with E-state index in [1.165, 1.54) is 6.33 Å². The van der Waals surface area contributed by atoms with E-state index in [1.54, 1.807) is 39.6 Å². The van der Waals surface area contributed by atoms with Gasteiger partial charge in [-0.2, -0.15) is 14.4 Å². The van der Waals surface area contributed by atoms with E-state index in [0.29, 0.717) is 36.1 Å². The average molecular weight is 465 g/mol. The first-order valence-corrected chi connectivity index (χ1v) is 12.3. The van der Waals surface area contributed by atoms with Crippen molar-refractivity contribution in [2.45, 2.75) is 37.5 Å². The first-order chi connectivity index (χ1) is 16.0. The van der Waals surface area contributed by atoms with Crippen LogP contribution in [0.3, 0.4) is 0 Å². The van der Waals surface area contributed by atoms with E-state index in [-0.39, 0.29) is 0 Å². The van der Waals surface area contributed by atoms with E-state index in [2.05, 4.69) is 20.2 Å². The zero-order valence-electron chi connectivity index (χ0n) is 18.3. The van der Waals surface area contributed by atoms with Gasteiger partial charge in [0.2, 0.25) is 21.7 Å². The molecule has 1 fully saturated rings. The molecule has 0 N–H and O–H groups in total. The van der Waals surface area contributed by atoms with Gasteiger partial charge in [0.15, 0.2) is 0 Å². The van der Waals surface area contributed by atoms with Crippen molar-refractivity contribution in [1.29, 1.82) is 0 Å². The number of sulfonamides is 1. The van der Waals surface area contributed by atoms with Crippen molar-refractivity contribution >= 4 is 10.0 Å². The number of aryl methyl sites for hydroxylation is 1. The van der Waals surface area contributed by atoms with Crippen LogP contribution in [0.25, 0.3) is 17.1 Å². The van der Waals surface area contributed by atoms with Crippen molar-refractivity contribution in [3.8, 4) is 17.1 Å². The number of piperidine rings is 1. The summed E-state index contributed by atoms with van der Waals surface area (Å²) in [6.07, 6.45) is 6.49. The van der Waals surface area contributed by atoms with Crippen molar-refractivity contribution in [1.82, 2.24) is 29.2 Å². The monoisotopic (exact) mass is 464 g/mol. The van der Waals surface area contributed by atoms with Gasteiger partial charge in [-0.3, -0.25) is 0 Å². The Labute approximate surface area is 192 Å². The van der Waals surface area contributed by atoms with Crippen LogP contribution in [-0.2, 0) is 16.4 Å². The van der Waals surface area contributed by atoms with Crippen LogP contribution in [0.2, 0.25) is 0 Å². The summed E-state index contributed by atoms with van der Waals surface area (Å²) in [6.45, 7) is 3.17. The van der Waals surface area contributed by atoms with Crippen molar-refractivity contribution in [2.75, 3.05) is 13.1 Å². The molecule has 2 aromatic heterocycles. The zero-order chi connectivity index (χ0) is 22.8. The van der Waals surface area contributed by atoms with Crippen molar-refractivity contribution in [2.24, 2.45) is 0 Å². The fourth-order valence-electron chi connectivity index (χ4n) is 4.04. The summed E-state index contributed by atoms with van der Waals surface area (Å²) in [7, 11) is -3.44. The molecule has 0 bridgehead atoms. The molecule has 0 saturated carbocycles. The highest BCUT2D eigenvalue weighted by Crippen LogP contribution is 2.24. The standard InChI is InChI=1S/C23H24N6O3S/c1-17-13-19(7-10-21(17)29-16-24-15-25-29)23-26-22(32-27-23)14-18-5-8-20(9-6-18)33(30,31)28-11-3-2-4-12-28/h5-10,13,15-16H,2-4,11-12,14H2,1H3. The maximum Gasteiger partial charge on any atom is 0.243 e. The highest BCUT2D eigenvalue weighted by atomic mass is 32.2. The van der Waals surface area contributed by atoms with Gasteiger partial charge in [0.05, 0.1) is 17.0 Å². The summed E-state index contributed by atoms with van der Waals surface area (Å²) in [6, 6.07) is 12.8. The molecule has 2 aromatic carbocycles. The summed E-state index contributed by atoms with van der Waals surface area (Å²) >= 11 is 0. The molecule has 0 radical (unpaired) electrons. The number of aromatic nitrogens is 5. The molecule has 4 aromatic rings. The second-order valence-electron chi connectivity index (χ2n) is 8.14. The summed E-state index contributed by atoms with van der Waals surface area (Å²) in [4.78, 5) is 8.82. The molecule has 0 atom stereocenters. The van der Waals surface area contributed by atoms with E-state index < -0.39 is 10.0 Å². The maximum atomic E-state index is 12.8. The van der Waals surface area contributed by atoms with Gasteiger partial charge >= 0.3 is 0 Å². The normalized spacial score (nSPS) is 15.1. The second kappa shape index (κ2) is 8.87. The van der Waals surface area contributed by atoms with Crippen molar-refractivity contribution in [3.05, 3.63) is 72.1 Å². The molecule has 9 nitrogen and oxygen atoms in total. The molecule has 3 heterocycles. The molecule has 33 heavy (non-hydrogen) atoms. The largest absolute Gasteiger partial charge is 0.339 e. The summed E-state index contributed by atoms with van der Waals surface area (Å²) < 4.78 is 34.4. The minimum absolute atomic E-state index is 0.322. The van der Waals surface area contributed by atoms with Gasteiger partial charge < -0.3 is 4.52 Å². The number of nitrogens with zero attached hydrogens (tertiary/aromatic N) is 6. The first kappa shape index (κ1) is 21.5. The second-order valence-corrected chi connectivity index (χ2v) is 10.1. The average Bonchev–Trinajstić information content (AvgIpc) is 3.53. The molecule has 1 aliphatic heterocycles. The van der Waals surface area contributed by atoms with Crippen LogP contribution < -0.4 is 0 Å². The number of hydrogen-bond acceptors (Lipinski definition) is 7. The topological polar surface area (TPSA) is 107 Å². The lowest BCUT2D eigenvalue weighted by Crippen LogP contribution is -2.35. The van der Waals surface area contributed by atoms with E-state index in [4.69, 9.17) is 4.52 Å². The van der Waals surface area contributed by atoms with Crippen LogP contribution in [0.15, 0.2) is 64.5 Å².